The molecule has 4 aromatic rings. The van der Waals surface area contributed by atoms with Crippen LogP contribution in [0, 0.1) is 24.4 Å². The fourth-order valence-electron chi connectivity index (χ4n) is 4.57. The highest BCUT2D eigenvalue weighted by Crippen LogP contribution is 2.40. The number of fused-ring (bicyclic) bond motifs is 2. The largest absolute Gasteiger partial charge is 0.485 e. The molecule has 4 heterocycles. The van der Waals surface area contributed by atoms with Crippen LogP contribution in [0.25, 0.3) is 17.2 Å². The van der Waals surface area contributed by atoms with Gasteiger partial charge in [-0.25, -0.2) is 28.1 Å². The molecule has 0 spiro atoms. The lowest BCUT2D eigenvalue weighted by Crippen LogP contribution is -2.45. The molecule has 0 bridgehead atoms. The molecule has 5 rings (SSSR count). The first-order valence-corrected chi connectivity index (χ1v) is 12.7. The molecular weight excluding hydrogens is 539 g/mol. The maximum Gasteiger partial charge on any atom is 0.270 e. The molecule has 0 saturated heterocycles. The Bertz CT molecular complexity index is 1730. The third kappa shape index (κ3) is 4.97. The van der Waals surface area contributed by atoms with Gasteiger partial charge in [0.25, 0.3) is 5.91 Å². The molecule has 10 nitrogen and oxygen atoms in total. The monoisotopic (exact) mass is 567 g/mol. The summed E-state index contributed by atoms with van der Waals surface area (Å²) in [6, 6.07) is 4.68. The molecular formula is C28H28F3N7O3. The zero-order valence-corrected chi connectivity index (χ0v) is 23.0. The lowest BCUT2D eigenvalue weighted by Gasteiger charge is -2.21. The van der Waals surface area contributed by atoms with Gasteiger partial charge in [-0.3, -0.25) is 14.0 Å². The number of pyridine rings is 1. The molecule has 1 aliphatic rings. The molecule has 1 aliphatic heterocycles. The number of halogens is 3. The predicted octanol–water partition coefficient (Wildman–Crippen LogP) is 3.79. The number of rotatable bonds is 7. The van der Waals surface area contributed by atoms with E-state index in [1.807, 2.05) is 0 Å². The second-order valence-electron chi connectivity index (χ2n) is 11.1. The summed E-state index contributed by atoms with van der Waals surface area (Å²) in [5.74, 6) is -3.89. The van der Waals surface area contributed by atoms with Crippen LogP contribution in [0.15, 0.2) is 30.5 Å². The smallest absolute Gasteiger partial charge is 0.270 e. The number of carbonyl (C=O) groups excluding carboxylic acids is 2. The molecule has 3 aromatic heterocycles. The molecule has 0 radical (unpaired) electrons. The number of hydrogen-bond donors (Lipinski definition) is 3. The number of carbonyl (C=O) groups is 2. The number of benzene rings is 1. The number of hydrogen-bond acceptors (Lipinski definition) is 7. The molecule has 1 aromatic carbocycles. The maximum atomic E-state index is 14.2. The predicted molar refractivity (Wildman–Crippen MR) is 144 cm³/mol. The highest BCUT2D eigenvalue weighted by molar-refractivity contribution is 6.09. The number of aryl methyl sites for hydroxylation is 1. The van der Waals surface area contributed by atoms with Crippen molar-refractivity contribution in [2.45, 2.75) is 52.2 Å². The fourth-order valence-corrected chi connectivity index (χ4v) is 4.57. The van der Waals surface area contributed by atoms with Gasteiger partial charge in [0.05, 0.1) is 16.7 Å². The van der Waals surface area contributed by atoms with Crippen molar-refractivity contribution in [1.82, 2.24) is 24.7 Å². The van der Waals surface area contributed by atoms with Crippen LogP contribution in [0.4, 0.5) is 19.0 Å². The third-order valence-electron chi connectivity index (χ3n) is 6.76. The van der Waals surface area contributed by atoms with Crippen LogP contribution in [-0.4, -0.2) is 43.3 Å². The maximum absolute atomic E-state index is 14.2. The SMILES string of the molecule is Cc1nc2c(OCc3c(F)ccc(F)c3F)cccn2c1-c1nc2c(c(C(=O)NCC(C)(C)N)n1)C(C)(C)C(=O)N2. The van der Waals surface area contributed by atoms with Crippen molar-refractivity contribution in [2.75, 3.05) is 11.9 Å². The molecule has 0 unspecified atom stereocenters. The second-order valence-corrected chi connectivity index (χ2v) is 11.1. The van der Waals surface area contributed by atoms with Gasteiger partial charge in [-0.1, -0.05) is 0 Å². The van der Waals surface area contributed by atoms with Crippen LogP contribution >= 0.6 is 0 Å². The normalized spacial score (nSPS) is 14.2. The minimum atomic E-state index is -1.34. The molecule has 4 N–H and O–H groups in total. The number of nitrogens with one attached hydrogen (secondary N) is 2. The number of ether oxygens (including phenoxy) is 1. The van der Waals surface area contributed by atoms with E-state index in [0.717, 1.165) is 6.07 Å². The molecule has 2 amide bonds. The average Bonchev–Trinajstić information content (AvgIpc) is 3.35. The van der Waals surface area contributed by atoms with Crippen LogP contribution in [0.1, 0.15) is 55.0 Å². The number of nitrogens with zero attached hydrogens (tertiary/aromatic N) is 4. The average molecular weight is 568 g/mol. The van der Waals surface area contributed by atoms with Crippen molar-refractivity contribution >= 4 is 23.3 Å². The molecule has 0 saturated carbocycles. The first kappa shape index (κ1) is 28.0. The first-order chi connectivity index (χ1) is 19.2. The number of aromatic nitrogens is 4. The van der Waals surface area contributed by atoms with Crippen LogP contribution in [0.3, 0.4) is 0 Å². The Balaban J connectivity index is 1.59. The summed E-state index contributed by atoms with van der Waals surface area (Å²) in [5.41, 5.74) is 5.18. The summed E-state index contributed by atoms with van der Waals surface area (Å²) in [6.45, 7) is 8.13. The summed E-state index contributed by atoms with van der Waals surface area (Å²) in [4.78, 5) is 39.8. The third-order valence-corrected chi connectivity index (χ3v) is 6.76. The molecule has 214 valence electrons. The number of amides is 2. The van der Waals surface area contributed by atoms with Crippen LogP contribution in [0.5, 0.6) is 5.75 Å². The van der Waals surface area contributed by atoms with E-state index in [-0.39, 0.29) is 41.2 Å². The Morgan fingerprint density at radius 2 is 1.85 bits per heavy atom. The van der Waals surface area contributed by atoms with Crippen LogP contribution < -0.4 is 21.1 Å². The molecule has 13 heteroatoms. The highest BCUT2D eigenvalue weighted by atomic mass is 19.2. The Kier molecular flexibility index (Phi) is 6.72. The van der Waals surface area contributed by atoms with Crippen molar-refractivity contribution in [3.63, 3.8) is 0 Å². The van der Waals surface area contributed by atoms with Crippen LogP contribution in [-0.2, 0) is 16.8 Å². The van der Waals surface area contributed by atoms with E-state index in [4.69, 9.17) is 10.5 Å². The topological polar surface area (TPSA) is 137 Å². The van der Waals surface area contributed by atoms with Gasteiger partial charge in [-0.15, -0.1) is 0 Å². The van der Waals surface area contributed by atoms with Crippen molar-refractivity contribution in [2.24, 2.45) is 5.73 Å². The fraction of sp³-hybridized carbons (Fsp3) is 0.321. The highest BCUT2D eigenvalue weighted by Gasteiger charge is 2.44. The second kappa shape index (κ2) is 9.84. The zero-order valence-electron chi connectivity index (χ0n) is 23.0. The van der Waals surface area contributed by atoms with Gasteiger partial charge >= 0.3 is 0 Å². The van der Waals surface area contributed by atoms with E-state index >= 15 is 0 Å². The minimum Gasteiger partial charge on any atom is -0.485 e. The van der Waals surface area contributed by atoms with E-state index < -0.39 is 46.5 Å². The summed E-state index contributed by atoms with van der Waals surface area (Å²) in [6.07, 6.45) is 1.65. The van der Waals surface area contributed by atoms with Crippen molar-refractivity contribution in [3.05, 3.63) is 70.4 Å². The Morgan fingerprint density at radius 1 is 1.15 bits per heavy atom. The van der Waals surface area contributed by atoms with Gasteiger partial charge < -0.3 is 21.1 Å². The van der Waals surface area contributed by atoms with E-state index in [0.29, 0.717) is 23.0 Å². The molecule has 0 fully saturated rings. The van der Waals surface area contributed by atoms with Gasteiger partial charge in [0.15, 0.2) is 28.9 Å². The zero-order chi connectivity index (χ0) is 29.9. The summed E-state index contributed by atoms with van der Waals surface area (Å²) in [7, 11) is 0. The molecule has 0 aliphatic carbocycles. The quantitative estimate of drug-likeness (QED) is 0.289. The number of nitrogens with two attached hydrogens (primary N) is 1. The summed E-state index contributed by atoms with van der Waals surface area (Å²) < 4.78 is 49.3. The first-order valence-electron chi connectivity index (χ1n) is 12.7. The van der Waals surface area contributed by atoms with Crippen LogP contribution in [0.2, 0.25) is 0 Å². The molecule has 41 heavy (non-hydrogen) atoms. The number of anilines is 1. The lowest BCUT2D eigenvalue weighted by atomic mass is 9.85. The molecule has 0 atom stereocenters. The van der Waals surface area contributed by atoms with Gasteiger partial charge in [-0.2, -0.15) is 0 Å². The van der Waals surface area contributed by atoms with Gasteiger partial charge in [0.2, 0.25) is 5.91 Å². The van der Waals surface area contributed by atoms with Gasteiger partial charge in [0, 0.05) is 23.8 Å². The van der Waals surface area contributed by atoms with E-state index in [1.165, 1.54) is 0 Å². The van der Waals surface area contributed by atoms with E-state index in [9.17, 15) is 22.8 Å². The Hall–Kier alpha value is -4.52. The van der Waals surface area contributed by atoms with Gasteiger partial charge in [0.1, 0.15) is 29.6 Å². The van der Waals surface area contributed by atoms with E-state index in [2.05, 4.69) is 25.6 Å². The number of imidazole rings is 1. The minimum absolute atomic E-state index is 0.0106. The van der Waals surface area contributed by atoms with Crippen molar-refractivity contribution < 1.29 is 27.5 Å². The van der Waals surface area contributed by atoms with Crippen molar-refractivity contribution in [1.29, 1.82) is 0 Å². The Labute approximate surface area is 233 Å². The summed E-state index contributed by atoms with van der Waals surface area (Å²) in [5, 5.41) is 5.52. The van der Waals surface area contributed by atoms with Crippen molar-refractivity contribution in [3.8, 4) is 17.3 Å². The van der Waals surface area contributed by atoms with E-state index in [1.54, 1.807) is 57.3 Å². The lowest BCUT2D eigenvalue weighted by molar-refractivity contribution is -0.119. The Morgan fingerprint density at radius 3 is 2.56 bits per heavy atom. The summed E-state index contributed by atoms with van der Waals surface area (Å²) >= 11 is 0. The standard InChI is InChI=1S/C28H28F3N7O3/c1-13-21(38-10-6-7-17(24(38)34-13)41-11-14-15(29)8-9-16(30)19(14)31)23-35-20(25(39)33-12-27(2,3)32)18-22(36-23)37-26(40)28(18,4)5/h6-10H,11-12,32H2,1-5H3,(H,33,39)(H,35,36,37,40). The van der Waals surface area contributed by atoms with Gasteiger partial charge in [-0.05, 0) is 58.9 Å².